The van der Waals surface area contributed by atoms with Gasteiger partial charge in [0.25, 0.3) is 0 Å². The van der Waals surface area contributed by atoms with Crippen LogP contribution < -0.4 is 0 Å². The van der Waals surface area contributed by atoms with Gasteiger partial charge in [-0.1, -0.05) is 18.7 Å². The molecule has 16 heavy (non-hydrogen) atoms. The highest BCUT2D eigenvalue weighted by atomic mass is 16.5. The first kappa shape index (κ1) is 10.5. The minimum atomic E-state index is -0.392. The number of fused-ring (bicyclic) bond motifs is 1. The van der Waals surface area contributed by atoms with E-state index < -0.39 is 5.97 Å². The van der Waals surface area contributed by atoms with E-state index in [9.17, 15) is 4.79 Å². The SMILES string of the molecule is C=C(C(=O)OC)c1cccc2c1ccn2C. The Labute approximate surface area is 93.9 Å². The summed E-state index contributed by atoms with van der Waals surface area (Å²) in [7, 11) is 3.33. The van der Waals surface area contributed by atoms with E-state index in [4.69, 9.17) is 0 Å². The van der Waals surface area contributed by atoms with Gasteiger partial charge in [-0.3, -0.25) is 0 Å². The van der Waals surface area contributed by atoms with Crippen LogP contribution in [0, 0.1) is 0 Å². The first-order valence-corrected chi connectivity index (χ1v) is 4.97. The molecule has 0 amide bonds. The third-order valence-electron chi connectivity index (χ3n) is 2.68. The first-order chi connectivity index (χ1) is 7.65. The lowest BCUT2D eigenvalue weighted by molar-refractivity contribution is -0.133. The average Bonchev–Trinajstić information content (AvgIpc) is 2.69. The van der Waals surface area contributed by atoms with Crippen LogP contribution in [-0.2, 0) is 16.6 Å². The molecule has 1 heterocycles. The number of carbonyl (C=O) groups is 1. The number of aromatic nitrogens is 1. The van der Waals surface area contributed by atoms with Gasteiger partial charge in [0, 0.05) is 24.1 Å². The Bertz CT molecular complexity index is 566. The van der Waals surface area contributed by atoms with Crippen LogP contribution in [0.3, 0.4) is 0 Å². The predicted molar refractivity (Wildman–Crippen MR) is 64.0 cm³/mol. The second-order valence-corrected chi connectivity index (χ2v) is 3.64. The van der Waals surface area contributed by atoms with Gasteiger partial charge < -0.3 is 9.30 Å². The molecule has 0 atom stereocenters. The Balaban J connectivity index is 2.61. The third kappa shape index (κ3) is 1.50. The topological polar surface area (TPSA) is 31.2 Å². The number of ether oxygens (including phenoxy) is 1. The Kier molecular flexibility index (Phi) is 2.52. The monoisotopic (exact) mass is 215 g/mol. The number of hydrogen-bond donors (Lipinski definition) is 0. The standard InChI is InChI=1S/C13H13NO2/c1-9(13(15)16-3)10-5-4-6-12-11(10)7-8-14(12)2/h4-8H,1H2,2-3H3. The summed E-state index contributed by atoms with van der Waals surface area (Å²) in [5, 5.41) is 1.01. The molecule has 3 nitrogen and oxygen atoms in total. The van der Waals surface area contributed by atoms with Gasteiger partial charge in [-0.2, -0.15) is 0 Å². The average molecular weight is 215 g/mol. The van der Waals surface area contributed by atoms with E-state index in [0.29, 0.717) is 5.57 Å². The third-order valence-corrected chi connectivity index (χ3v) is 2.68. The summed E-state index contributed by atoms with van der Waals surface area (Å²) in [5.74, 6) is -0.392. The second kappa shape index (κ2) is 3.85. The molecule has 82 valence electrons. The lowest BCUT2D eigenvalue weighted by Gasteiger charge is -2.05. The van der Waals surface area contributed by atoms with Crippen molar-refractivity contribution in [3.05, 3.63) is 42.6 Å². The quantitative estimate of drug-likeness (QED) is 0.569. The normalized spacial score (nSPS) is 10.4. The van der Waals surface area contributed by atoms with Gasteiger partial charge in [0.1, 0.15) is 0 Å². The van der Waals surface area contributed by atoms with E-state index in [0.717, 1.165) is 16.5 Å². The maximum absolute atomic E-state index is 11.4. The van der Waals surface area contributed by atoms with Crippen molar-refractivity contribution in [1.82, 2.24) is 4.57 Å². The van der Waals surface area contributed by atoms with E-state index in [1.54, 1.807) is 0 Å². The zero-order chi connectivity index (χ0) is 11.7. The molecule has 2 aromatic rings. The number of rotatable bonds is 2. The van der Waals surface area contributed by atoms with Crippen molar-refractivity contribution < 1.29 is 9.53 Å². The van der Waals surface area contributed by atoms with E-state index in [-0.39, 0.29) is 0 Å². The Morgan fingerprint density at radius 1 is 1.38 bits per heavy atom. The number of carbonyl (C=O) groups excluding carboxylic acids is 1. The molecule has 0 spiro atoms. The summed E-state index contributed by atoms with van der Waals surface area (Å²) in [4.78, 5) is 11.4. The largest absolute Gasteiger partial charge is 0.465 e. The zero-order valence-corrected chi connectivity index (χ0v) is 9.36. The van der Waals surface area contributed by atoms with Crippen LogP contribution >= 0.6 is 0 Å². The van der Waals surface area contributed by atoms with Crippen LogP contribution in [0.5, 0.6) is 0 Å². The molecule has 2 rings (SSSR count). The second-order valence-electron chi connectivity index (χ2n) is 3.64. The fourth-order valence-corrected chi connectivity index (χ4v) is 1.80. The van der Waals surface area contributed by atoms with Crippen molar-refractivity contribution in [3.8, 4) is 0 Å². The van der Waals surface area contributed by atoms with Gasteiger partial charge in [-0.15, -0.1) is 0 Å². The zero-order valence-electron chi connectivity index (χ0n) is 9.36. The van der Waals surface area contributed by atoms with Crippen LogP contribution in [0.15, 0.2) is 37.0 Å². The van der Waals surface area contributed by atoms with Crippen LogP contribution in [-0.4, -0.2) is 17.6 Å². The van der Waals surface area contributed by atoms with Gasteiger partial charge >= 0.3 is 5.97 Å². The maximum Gasteiger partial charge on any atom is 0.337 e. The highest BCUT2D eigenvalue weighted by Gasteiger charge is 2.13. The molecule has 0 aliphatic rings. The predicted octanol–water partition coefficient (Wildman–Crippen LogP) is 2.36. The highest BCUT2D eigenvalue weighted by molar-refractivity contribution is 6.19. The Morgan fingerprint density at radius 2 is 2.12 bits per heavy atom. The molecule has 0 unspecified atom stereocenters. The summed E-state index contributed by atoms with van der Waals surface area (Å²) >= 11 is 0. The van der Waals surface area contributed by atoms with E-state index in [1.165, 1.54) is 7.11 Å². The van der Waals surface area contributed by atoms with Gasteiger partial charge in [0.2, 0.25) is 0 Å². The summed E-state index contributed by atoms with van der Waals surface area (Å²) in [5.41, 5.74) is 2.28. The number of methoxy groups -OCH3 is 1. The minimum Gasteiger partial charge on any atom is -0.465 e. The molecule has 0 saturated carbocycles. The number of benzene rings is 1. The van der Waals surface area contributed by atoms with Crippen molar-refractivity contribution in [1.29, 1.82) is 0 Å². The van der Waals surface area contributed by atoms with Crippen LogP contribution in [0.2, 0.25) is 0 Å². The molecule has 0 aliphatic carbocycles. The molecular weight excluding hydrogens is 202 g/mol. The lowest BCUT2D eigenvalue weighted by Crippen LogP contribution is -2.02. The molecule has 3 heteroatoms. The van der Waals surface area contributed by atoms with Crippen molar-refractivity contribution in [3.63, 3.8) is 0 Å². The van der Waals surface area contributed by atoms with Gasteiger partial charge in [-0.05, 0) is 17.7 Å². The summed E-state index contributed by atoms with van der Waals surface area (Å²) in [6.45, 7) is 3.77. The van der Waals surface area contributed by atoms with Crippen molar-refractivity contribution in [2.75, 3.05) is 7.11 Å². The molecule has 1 aromatic heterocycles. The summed E-state index contributed by atoms with van der Waals surface area (Å²) < 4.78 is 6.68. The van der Waals surface area contributed by atoms with Gasteiger partial charge in [-0.25, -0.2) is 4.79 Å². The molecule has 0 radical (unpaired) electrons. The van der Waals surface area contributed by atoms with Crippen molar-refractivity contribution >= 4 is 22.4 Å². The van der Waals surface area contributed by atoms with Gasteiger partial charge in [0.05, 0.1) is 12.7 Å². The molecule has 0 bridgehead atoms. The number of aryl methyl sites for hydroxylation is 1. The van der Waals surface area contributed by atoms with E-state index >= 15 is 0 Å². The highest BCUT2D eigenvalue weighted by Crippen LogP contribution is 2.25. The molecular formula is C13H13NO2. The Hall–Kier alpha value is -2.03. The molecule has 0 fully saturated rings. The fourth-order valence-electron chi connectivity index (χ4n) is 1.80. The number of hydrogen-bond acceptors (Lipinski definition) is 2. The molecule has 0 aliphatic heterocycles. The molecule has 0 N–H and O–H groups in total. The minimum absolute atomic E-state index is 0.388. The number of nitrogens with zero attached hydrogens (tertiary/aromatic N) is 1. The van der Waals surface area contributed by atoms with Crippen LogP contribution in [0.25, 0.3) is 16.5 Å². The van der Waals surface area contributed by atoms with E-state index in [1.807, 2.05) is 42.1 Å². The lowest BCUT2D eigenvalue weighted by atomic mass is 10.0. The van der Waals surface area contributed by atoms with Crippen LogP contribution in [0.4, 0.5) is 0 Å². The number of esters is 1. The smallest absolute Gasteiger partial charge is 0.337 e. The summed E-state index contributed by atoms with van der Waals surface area (Å²) in [6.07, 6.45) is 1.96. The first-order valence-electron chi connectivity index (χ1n) is 4.97. The molecule has 1 aromatic carbocycles. The summed E-state index contributed by atoms with van der Waals surface area (Å²) in [6, 6.07) is 7.76. The molecule has 0 saturated heterocycles. The maximum atomic E-state index is 11.4. The van der Waals surface area contributed by atoms with Gasteiger partial charge in [0.15, 0.2) is 0 Å². The van der Waals surface area contributed by atoms with Crippen molar-refractivity contribution in [2.45, 2.75) is 0 Å². The van der Waals surface area contributed by atoms with E-state index in [2.05, 4.69) is 11.3 Å². The Morgan fingerprint density at radius 3 is 2.81 bits per heavy atom. The van der Waals surface area contributed by atoms with Crippen LogP contribution in [0.1, 0.15) is 5.56 Å². The fraction of sp³-hybridized carbons (Fsp3) is 0.154. The van der Waals surface area contributed by atoms with Crippen molar-refractivity contribution in [2.24, 2.45) is 7.05 Å².